The Labute approximate surface area is 120 Å². The predicted octanol–water partition coefficient (Wildman–Crippen LogP) is -1.19. The second-order valence-electron chi connectivity index (χ2n) is 5.77. The average Bonchev–Trinajstić information content (AvgIpc) is 2.37. The molecule has 2 aliphatic rings. The quantitative estimate of drug-likeness (QED) is 0.642. The van der Waals surface area contributed by atoms with Gasteiger partial charge in [-0.3, -0.25) is 4.79 Å². The summed E-state index contributed by atoms with van der Waals surface area (Å²) in [6.45, 7) is 5.31. The summed E-state index contributed by atoms with van der Waals surface area (Å²) in [5.74, 6) is -0.0443. The van der Waals surface area contributed by atoms with Crippen LogP contribution in [0.2, 0.25) is 0 Å². The van der Waals surface area contributed by atoms with Crippen molar-refractivity contribution in [3.05, 3.63) is 0 Å². The predicted molar refractivity (Wildman–Crippen MR) is 74.9 cm³/mol. The number of carbonyl (C=O) groups excluding carboxylic acids is 1. The Morgan fingerprint density at radius 1 is 1.15 bits per heavy atom. The highest BCUT2D eigenvalue weighted by Gasteiger charge is 2.42. The molecule has 116 valence electrons. The molecular weight excluding hydrogens is 282 g/mol. The maximum absolute atomic E-state index is 12.6. The van der Waals surface area contributed by atoms with Crippen LogP contribution in [0.3, 0.4) is 0 Å². The topological polar surface area (TPSA) is 70.2 Å². The summed E-state index contributed by atoms with van der Waals surface area (Å²) in [6.07, 6.45) is 1.20. The number of ether oxygens (including phenoxy) is 1. The smallest absolute Gasteiger partial charge is 0.255 e. The number of amides is 1. The minimum atomic E-state index is -3.17. The Kier molecular flexibility index (Phi) is 4.38. The molecule has 0 bridgehead atoms. The normalized spacial score (nSPS) is 30.4. The zero-order chi connectivity index (χ0) is 15.0. The molecule has 0 aliphatic carbocycles. The lowest BCUT2D eigenvalue weighted by Gasteiger charge is -2.42. The first-order chi connectivity index (χ1) is 9.22. The molecule has 2 saturated heterocycles. The highest BCUT2D eigenvalue weighted by Crippen LogP contribution is 2.21. The highest BCUT2D eigenvalue weighted by molar-refractivity contribution is 7.88. The molecule has 1 amide bonds. The molecule has 2 aliphatic heterocycles. The molecule has 2 heterocycles. The van der Waals surface area contributed by atoms with Gasteiger partial charge in [-0.15, -0.1) is 0 Å². The molecule has 0 radical (unpaired) electrons. The lowest BCUT2D eigenvalue weighted by molar-refractivity contribution is -0.167. The first-order valence-electron chi connectivity index (χ1n) is 6.79. The molecule has 2 fully saturated rings. The van der Waals surface area contributed by atoms with Crippen LogP contribution in [-0.2, 0) is 19.6 Å². The molecule has 0 unspecified atom stereocenters. The lowest BCUT2D eigenvalue weighted by Crippen LogP contribution is -2.61. The summed E-state index contributed by atoms with van der Waals surface area (Å²) < 4.78 is 30.0. The summed E-state index contributed by atoms with van der Waals surface area (Å²) in [4.78, 5) is 16.4. The van der Waals surface area contributed by atoms with Crippen molar-refractivity contribution in [2.45, 2.75) is 12.5 Å². The van der Waals surface area contributed by atoms with E-state index in [1.165, 1.54) is 10.6 Å². The first kappa shape index (κ1) is 15.7. The molecule has 0 N–H and O–H groups in total. The van der Waals surface area contributed by atoms with Crippen LogP contribution < -0.4 is 0 Å². The van der Waals surface area contributed by atoms with Gasteiger partial charge in [-0.05, 0) is 14.0 Å². The van der Waals surface area contributed by atoms with E-state index in [9.17, 15) is 13.2 Å². The van der Waals surface area contributed by atoms with Crippen LogP contribution >= 0.6 is 0 Å². The summed E-state index contributed by atoms with van der Waals surface area (Å²) in [7, 11) is -1.20. The lowest BCUT2D eigenvalue weighted by atomic mass is 10.0. The molecule has 20 heavy (non-hydrogen) atoms. The average molecular weight is 305 g/mol. The third-order valence-electron chi connectivity index (χ3n) is 3.91. The Balaban J connectivity index is 1.98. The number of nitrogens with zero attached hydrogens (tertiary/aromatic N) is 3. The Morgan fingerprint density at radius 3 is 2.25 bits per heavy atom. The summed E-state index contributed by atoms with van der Waals surface area (Å²) in [5.41, 5.74) is -0.819. The van der Waals surface area contributed by atoms with Crippen molar-refractivity contribution in [1.82, 2.24) is 14.1 Å². The van der Waals surface area contributed by atoms with E-state index in [1.807, 2.05) is 14.0 Å². The van der Waals surface area contributed by atoms with E-state index in [0.717, 1.165) is 6.54 Å². The van der Waals surface area contributed by atoms with E-state index in [0.29, 0.717) is 39.3 Å². The van der Waals surface area contributed by atoms with E-state index in [4.69, 9.17) is 4.74 Å². The van der Waals surface area contributed by atoms with Crippen LogP contribution in [0, 0.1) is 0 Å². The fourth-order valence-corrected chi connectivity index (χ4v) is 3.58. The van der Waals surface area contributed by atoms with Crippen molar-refractivity contribution in [3.63, 3.8) is 0 Å². The van der Waals surface area contributed by atoms with E-state index >= 15 is 0 Å². The van der Waals surface area contributed by atoms with Gasteiger partial charge in [0.1, 0.15) is 0 Å². The van der Waals surface area contributed by atoms with E-state index < -0.39 is 15.6 Å². The number of piperazine rings is 1. The molecule has 1 atom stereocenters. The van der Waals surface area contributed by atoms with Crippen LogP contribution in [0.15, 0.2) is 0 Å². The van der Waals surface area contributed by atoms with Crippen molar-refractivity contribution >= 4 is 15.9 Å². The van der Waals surface area contributed by atoms with E-state index in [2.05, 4.69) is 4.90 Å². The fourth-order valence-electron chi connectivity index (χ4n) is 2.75. The van der Waals surface area contributed by atoms with Crippen LogP contribution in [0.25, 0.3) is 0 Å². The monoisotopic (exact) mass is 305 g/mol. The minimum absolute atomic E-state index is 0.0443. The third kappa shape index (κ3) is 3.30. The molecule has 8 heteroatoms. The Morgan fingerprint density at radius 2 is 1.75 bits per heavy atom. The number of hydrogen-bond acceptors (Lipinski definition) is 5. The molecule has 7 nitrogen and oxygen atoms in total. The largest absolute Gasteiger partial charge is 0.363 e. The van der Waals surface area contributed by atoms with Gasteiger partial charge < -0.3 is 14.5 Å². The van der Waals surface area contributed by atoms with Crippen molar-refractivity contribution in [2.75, 3.05) is 59.2 Å². The molecule has 0 saturated carbocycles. The molecular formula is C12H23N3O4S. The standard InChI is InChI=1S/C12H23N3O4S/c1-12(10-13(2)8-9-19-12)11(16)14-4-6-15(7-5-14)20(3,17)18/h4-10H2,1-3H3/t12-/m0/s1. The maximum Gasteiger partial charge on any atom is 0.255 e. The minimum Gasteiger partial charge on any atom is -0.363 e. The number of rotatable bonds is 2. The first-order valence-corrected chi connectivity index (χ1v) is 8.64. The number of hydrogen-bond donors (Lipinski definition) is 0. The summed E-state index contributed by atoms with van der Waals surface area (Å²) >= 11 is 0. The highest BCUT2D eigenvalue weighted by atomic mass is 32.2. The van der Waals surface area contributed by atoms with Gasteiger partial charge in [-0.1, -0.05) is 0 Å². The van der Waals surface area contributed by atoms with Crippen LogP contribution in [-0.4, -0.2) is 93.2 Å². The van der Waals surface area contributed by atoms with Gasteiger partial charge >= 0.3 is 0 Å². The Hall–Kier alpha value is -0.700. The van der Waals surface area contributed by atoms with Gasteiger partial charge in [0.25, 0.3) is 5.91 Å². The number of morpholine rings is 1. The molecule has 2 rings (SSSR count). The zero-order valence-corrected chi connectivity index (χ0v) is 13.1. The molecule has 0 aromatic carbocycles. The van der Waals surface area contributed by atoms with Gasteiger partial charge in [-0.25, -0.2) is 8.42 Å². The second-order valence-corrected chi connectivity index (χ2v) is 7.75. The van der Waals surface area contributed by atoms with Crippen molar-refractivity contribution in [1.29, 1.82) is 0 Å². The van der Waals surface area contributed by atoms with Gasteiger partial charge in [-0.2, -0.15) is 4.31 Å². The Bertz CT molecular complexity index is 473. The van der Waals surface area contributed by atoms with E-state index in [-0.39, 0.29) is 5.91 Å². The van der Waals surface area contributed by atoms with Gasteiger partial charge in [0.15, 0.2) is 5.60 Å². The number of carbonyl (C=O) groups is 1. The van der Waals surface area contributed by atoms with Crippen molar-refractivity contribution in [3.8, 4) is 0 Å². The summed E-state index contributed by atoms with van der Waals surface area (Å²) in [6, 6.07) is 0. The summed E-state index contributed by atoms with van der Waals surface area (Å²) in [5, 5.41) is 0. The van der Waals surface area contributed by atoms with Crippen LogP contribution in [0.4, 0.5) is 0 Å². The molecule has 0 aromatic heterocycles. The number of likely N-dealkylation sites (N-methyl/N-ethyl adjacent to an activating group) is 1. The molecule has 0 spiro atoms. The number of sulfonamides is 1. The second kappa shape index (κ2) is 5.59. The van der Waals surface area contributed by atoms with Crippen LogP contribution in [0.1, 0.15) is 6.92 Å². The SMILES string of the molecule is CN1CCO[C@](C)(C(=O)N2CCN(S(C)(=O)=O)CC2)C1. The van der Waals surface area contributed by atoms with E-state index in [1.54, 1.807) is 4.90 Å². The zero-order valence-electron chi connectivity index (χ0n) is 12.3. The fraction of sp³-hybridized carbons (Fsp3) is 0.917. The maximum atomic E-state index is 12.6. The van der Waals surface area contributed by atoms with Gasteiger partial charge in [0, 0.05) is 39.3 Å². The van der Waals surface area contributed by atoms with Crippen LogP contribution in [0.5, 0.6) is 0 Å². The third-order valence-corrected chi connectivity index (χ3v) is 5.22. The van der Waals surface area contributed by atoms with Crippen molar-refractivity contribution < 1.29 is 17.9 Å². The van der Waals surface area contributed by atoms with Gasteiger partial charge in [0.05, 0.1) is 12.9 Å². The van der Waals surface area contributed by atoms with Gasteiger partial charge in [0.2, 0.25) is 10.0 Å². The van der Waals surface area contributed by atoms with Crippen molar-refractivity contribution in [2.24, 2.45) is 0 Å². The molecule has 0 aromatic rings.